The molecule has 0 bridgehead atoms. The molecule has 3 N–H and O–H groups in total. The van der Waals surface area contributed by atoms with Crippen LogP contribution < -0.4 is 11.1 Å². The van der Waals surface area contributed by atoms with Crippen LogP contribution in [0.1, 0.15) is 38.1 Å². The molecular formula is C14H20F2N2O. The number of nitrogen functional groups attached to an aromatic ring is 1. The number of hydrogen-bond acceptors (Lipinski definition) is 2. The summed E-state index contributed by atoms with van der Waals surface area (Å²) in [6.07, 6.45) is 0. The second-order valence-electron chi connectivity index (χ2n) is 5.68. The number of nitrogens with one attached hydrogen (secondary N) is 1. The lowest BCUT2D eigenvalue weighted by Crippen LogP contribution is -2.37. The Morgan fingerprint density at radius 3 is 2.47 bits per heavy atom. The quantitative estimate of drug-likeness (QED) is 0.826. The number of rotatable bonds is 4. The molecule has 106 valence electrons. The zero-order chi connectivity index (χ0) is 14.8. The lowest BCUT2D eigenvalue weighted by molar-refractivity contribution is 0.0920. The fraction of sp³-hybridized carbons (Fsp3) is 0.500. The molecule has 0 saturated carbocycles. The van der Waals surface area contributed by atoms with Crippen molar-refractivity contribution in [1.82, 2.24) is 5.32 Å². The van der Waals surface area contributed by atoms with Gasteiger partial charge in [0.1, 0.15) is 5.82 Å². The summed E-state index contributed by atoms with van der Waals surface area (Å²) in [5, 5.41) is 2.61. The van der Waals surface area contributed by atoms with Crippen LogP contribution in [0.4, 0.5) is 14.5 Å². The summed E-state index contributed by atoms with van der Waals surface area (Å²) in [5.41, 5.74) is 4.43. The zero-order valence-corrected chi connectivity index (χ0v) is 11.7. The molecule has 0 aromatic heterocycles. The number of carbonyl (C=O) groups excluding carboxylic acids is 1. The van der Waals surface area contributed by atoms with E-state index < -0.39 is 17.5 Å². The lowest BCUT2D eigenvalue weighted by Gasteiger charge is -2.29. The second kappa shape index (κ2) is 5.55. The summed E-state index contributed by atoms with van der Waals surface area (Å²) in [7, 11) is 0. The van der Waals surface area contributed by atoms with Crippen LogP contribution in [0.2, 0.25) is 0 Å². The SMILES string of the molecule is CC(C)C(C)(C)CNC(=O)c1cc(F)cc(N)c1F. The molecule has 3 nitrogen and oxygen atoms in total. The first-order chi connectivity index (χ1) is 8.65. The minimum absolute atomic E-state index is 0.134. The zero-order valence-electron chi connectivity index (χ0n) is 11.7. The van der Waals surface area contributed by atoms with Gasteiger partial charge in [0.15, 0.2) is 5.82 Å². The van der Waals surface area contributed by atoms with Crippen LogP contribution in [0.3, 0.4) is 0 Å². The first-order valence-electron chi connectivity index (χ1n) is 6.18. The van der Waals surface area contributed by atoms with Gasteiger partial charge in [-0.15, -0.1) is 0 Å². The summed E-state index contributed by atoms with van der Waals surface area (Å²) in [5.74, 6) is -1.93. The molecule has 1 aromatic rings. The van der Waals surface area contributed by atoms with E-state index in [0.717, 1.165) is 12.1 Å². The average molecular weight is 270 g/mol. The molecule has 1 rings (SSSR count). The minimum atomic E-state index is -0.888. The third kappa shape index (κ3) is 3.66. The molecule has 0 unspecified atom stereocenters. The number of hydrogen-bond donors (Lipinski definition) is 2. The van der Waals surface area contributed by atoms with E-state index in [1.807, 2.05) is 27.7 Å². The van der Waals surface area contributed by atoms with Crippen molar-refractivity contribution in [3.05, 3.63) is 29.3 Å². The van der Waals surface area contributed by atoms with Crippen molar-refractivity contribution in [2.45, 2.75) is 27.7 Å². The van der Waals surface area contributed by atoms with Gasteiger partial charge >= 0.3 is 0 Å². The van der Waals surface area contributed by atoms with E-state index in [-0.39, 0.29) is 16.7 Å². The molecule has 0 radical (unpaired) electrons. The predicted molar refractivity (Wildman–Crippen MR) is 71.7 cm³/mol. The van der Waals surface area contributed by atoms with Gasteiger partial charge in [0.2, 0.25) is 0 Å². The average Bonchev–Trinajstić information content (AvgIpc) is 2.30. The summed E-state index contributed by atoms with van der Waals surface area (Å²) < 4.78 is 26.8. The topological polar surface area (TPSA) is 55.1 Å². The van der Waals surface area contributed by atoms with Crippen LogP contribution in [-0.4, -0.2) is 12.5 Å². The van der Waals surface area contributed by atoms with E-state index in [9.17, 15) is 13.6 Å². The van der Waals surface area contributed by atoms with Gasteiger partial charge in [-0.25, -0.2) is 8.78 Å². The number of halogens is 2. The molecule has 0 fully saturated rings. The van der Waals surface area contributed by atoms with Gasteiger partial charge in [-0.1, -0.05) is 27.7 Å². The number of amides is 1. The van der Waals surface area contributed by atoms with Crippen molar-refractivity contribution in [3.8, 4) is 0 Å². The third-order valence-electron chi connectivity index (χ3n) is 3.58. The molecular weight excluding hydrogens is 250 g/mol. The van der Waals surface area contributed by atoms with Crippen LogP contribution in [0.15, 0.2) is 12.1 Å². The van der Waals surface area contributed by atoms with Gasteiger partial charge < -0.3 is 11.1 Å². The monoisotopic (exact) mass is 270 g/mol. The molecule has 1 aromatic carbocycles. The number of nitrogens with two attached hydrogens (primary N) is 1. The molecule has 0 atom stereocenters. The standard InChI is InChI=1S/C14H20F2N2O/c1-8(2)14(3,4)7-18-13(19)10-5-9(15)6-11(17)12(10)16/h5-6,8H,7,17H2,1-4H3,(H,18,19). The van der Waals surface area contributed by atoms with E-state index in [1.165, 1.54) is 0 Å². The number of benzene rings is 1. The van der Waals surface area contributed by atoms with Crippen molar-refractivity contribution in [2.24, 2.45) is 11.3 Å². The van der Waals surface area contributed by atoms with E-state index in [0.29, 0.717) is 12.5 Å². The van der Waals surface area contributed by atoms with Crippen molar-refractivity contribution in [2.75, 3.05) is 12.3 Å². The number of carbonyl (C=O) groups is 1. The van der Waals surface area contributed by atoms with Crippen LogP contribution in [0.25, 0.3) is 0 Å². The summed E-state index contributed by atoms with van der Waals surface area (Å²) >= 11 is 0. The van der Waals surface area contributed by atoms with Crippen molar-refractivity contribution in [1.29, 1.82) is 0 Å². The molecule has 1 amide bonds. The van der Waals surface area contributed by atoms with Crippen LogP contribution in [0, 0.1) is 23.0 Å². The Labute approximate surface area is 112 Å². The summed E-state index contributed by atoms with van der Waals surface area (Å²) in [6.45, 7) is 8.43. The van der Waals surface area contributed by atoms with Gasteiger partial charge in [0.25, 0.3) is 5.91 Å². The molecule has 0 aliphatic carbocycles. The maximum Gasteiger partial charge on any atom is 0.254 e. The minimum Gasteiger partial charge on any atom is -0.396 e. The molecule has 19 heavy (non-hydrogen) atoms. The lowest BCUT2D eigenvalue weighted by atomic mass is 9.81. The molecule has 0 aliphatic rings. The summed E-state index contributed by atoms with van der Waals surface area (Å²) in [6, 6.07) is 1.70. The Bertz CT molecular complexity index is 485. The maximum atomic E-state index is 13.7. The Balaban J connectivity index is 2.86. The van der Waals surface area contributed by atoms with Crippen molar-refractivity contribution < 1.29 is 13.6 Å². The molecule has 0 aliphatic heterocycles. The smallest absolute Gasteiger partial charge is 0.254 e. The highest BCUT2D eigenvalue weighted by Crippen LogP contribution is 2.25. The predicted octanol–water partition coefficient (Wildman–Crippen LogP) is 2.96. The highest BCUT2D eigenvalue weighted by molar-refractivity contribution is 5.95. The first kappa shape index (κ1) is 15.4. The van der Waals surface area contributed by atoms with E-state index in [2.05, 4.69) is 5.32 Å². The molecule has 5 heteroatoms. The molecule has 0 spiro atoms. The highest BCUT2D eigenvalue weighted by Gasteiger charge is 2.24. The first-order valence-corrected chi connectivity index (χ1v) is 6.18. The Morgan fingerprint density at radius 1 is 1.37 bits per heavy atom. The van der Waals surface area contributed by atoms with Gasteiger partial charge in [0, 0.05) is 6.54 Å². The van der Waals surface area contributed by atoms with Crippen molar-refractivity contribution >= 4 is 11.6 Å². The molecule has 0 heterocycles. The van der Waals surface area contributed by atoms with Gasteiger partial charge in [-0.05, 0) is 23.5 Å². The van der Waals surface area contributed by atoms with Gasteiger partial charge in [0.05, 0.1) is 11.3 Å². The van der Waals surface area contributed by atoms with Crippen LogP contribution in [0.5, 0.6) is 0 Å². The fourth-order valence-electron chi connectivity index (χ4n) is 1.38. The van der Waals surface area contributed by atoms with Gasteiger partial charge in [-0.2, -0.15) is 0 Å². The highest BCUT2D eigenvalue weighted by atomic mass is 19.1. The number of anilines is 1. The normalized spacial score (nSPS) is 11.7. The Morgan fingerprint density at radius 2 is 1.95 bits per heavy atom. The van der Waals surface area contributed by atoms with Gasteiger partial charge in [-0.3, -0.25) is 4.79 Å². The van der Waals surface area contributed by atoms with E-state index >= 15 is 0 Å². The van der Waals surface area contributed by atoms with Crippen LogP contribution >= 0.6 is 0 Å². The Hall–Kier alpha value is -1.65. The van der Waals surface area contributed by atoms with Crippen molar-refractivity contribution in [3.63, 3.8) is 0 Å². The Kier molecular flexibility index (Phi) is 4.50. The maximum absolute atomic E-state index is 13.7. The summed E-state index contributed by atoms with van der Waals surface area (Å²) in [4.78, 5) is 11.9. The second-order valence-corrected chi connectivity index (χ2v) is 5.68. The molecule has 0 saturated heterocycles. The fourth-order valence-corrected chi connectivity index (χ4v) is 1.38. The van der Waals surface area contributed by atoms with E-state index in [4.69, 9.17) is 5.73 Å². The van der Waals surface area contributed by atoms with Crippen LogP contribution in [-0.2, 0) is 0 Å². The largest absolute Gasteiger partial charge is 0.396 e. The van der Waals surface area contributed by atoms with E-state index in [1.54, 1.807) is 0 Å². The third-order valence-corrected chi connectivity index (χ3v) is 3.58.